The fourth-order valence-electron chi connectivity index (χ4n) is 1.06. The van der Waals surface area contributed by atoms with Gasteiger partial charge in [-0.15, -0.1) is 0 Å². The zero-order chi connectivity index (χ0) is 10.4. The number of rotatable bonds is 3. The van der Waals surface area contributed by atoms with Crippen molar-refractivity contribution < 1.29 is 14.6 Å². The lowest BCUT2D eigenvalue weighted by atomic mass is 10.1. The van der Waals surface area contributed by atoms with Crippen LogP contribution in [0.4, 0.5) is 4.79 Å². The molecule has 0 bridgehead atoms. The molecule has 1 aromatic carbocycles. The van der Waals surface area contributed by atoms with Crippen LogP contribution in [0.5, 0.6) is 0 Å². The Morgan fingerprint density at radius 2 is 2.07 bits per heavy atom. The number of hydrogen-bond acceptors (Lipinski definition) is 2. The van der Waals surface area contributed by atoms with Crippen LogP contribution in [0, 0.1) is 0 Å². The lowest BCUT2D eigenvalue weighted by molar-refractivity contribution is 0.102. The maximum Gasteiger partial charge on any atom is 0.506 e. The van der Waals surface area contributed by atoms with Crippen molar-refractivity contribution in [2.45, 2.75) is 6.92 Å². The molecule has 0 spiro atoms. The molecule has 0 aliphatic rings. The third kappa shape index (κ3) is 3.31. The topological polar surface area (TPSA) is 46.5 Å². The highest BCUT2D eigenvalue weighted by Gasteiger charge is 1.95. The molecule has 0 saturated heterocycles. The standard InChI is InChI=1S/C11H12O3/c1-9(7-8-14-11(12)13)10-5-3-2-4-6-10/h2-7H,8H2,1H3,(H,12,13). The van der Waals surface area contributed by atoms with Crippen molar-refractivity contribution in [3.63, 3.8) is 0 Å². The summed E-state index contributed by atoms with van der Waals surface area (Å²) in [6, 6.07) is 9.74. The first-order chi connectivity index (χ1) is 6.70. The van der Waals surface area contributed by atoms with Gasteiger partial charge in [0.15, 0.2) is 0 Å². The Balaban J connectivity index is 2.57. The molecular formula is C11H12O3. The first-order valence-corrected chi connectivity index (χ1v) is 4.28. The van der Waals surface area contributed by atoms with Gasteiger partial charge in [0.05, 0.1) is 0 Å². The van der Waals surface area contributed by atoms with Crippen molar-refractivity contribution in [2.75, 3.05) is 6.61 Å². The smallest absolute Gasteiger partial charge is 0.450 e. The number of hydrogen-bond donors (Lipinski definition) is 1. The molecule has 0 aliphatic carbocycles. The van der Waals surface area contributed by atoms with Crippen LogP contribution in [0.2, 0.25) is 0 Å². The van der Waals surface area contributed by atoms with Gasteiger partial charge in [0, 0.05) is 0 Å². The number of allylic oxidation sites excluding steroid dienone is 1. The van der Waals surface area contributed by atoms with E-state index >= 15 is 0 Å². The van der Waals surface area contributed by atoms with Gasteiger partial charge in [-0.2, -0.15) is 0 Å². The lowest BCUT2D eigenvalue weighted by Crippen LogP contribution is -1.99. The summed E-state index contributed by atoms with van der Waals surface area (Å²) < 4.78 is 4.37. The summed E-state index contributed by atoms with van der Waals surface area (Å²) in [7, 11) is 0. The van der Waals surface area contributed by atoms with Crippen LogP contribution < -0.4 is 0 Å². The van der Waals surface area contributed by atoms with Crippen molar-refractivity contribution in [3.8, 4) is 0 Å². The van der Waals surface area contributed by atoms with E-state index in [1.807, 2.05) is 37.3 Å². The van der Waals surface area contributed by atoms with Crippen LogP contribution in [0.25, 0.3) is 5.57 Å². The van der Waals surface area contributed by atoms with Crippen LogP contribution in [-0.4, -0.2) is 17.9 Å². The van der Waals surface area contributed by atoms with E-state index < -0.39 is 6.16 Å². The predicted molar refractivity (Wildman–Crippen MR) is 54.1 cm³/mol. The monoisotopic (exact) mass is 192 g/mol. The van der Waals surface area contributed by atoms with E-state index in [1.54, 1.807) is 6.08 Å². The average molecular weight is 192 g/mol. The molecule has 14 heavy (non-hydrogen) atoms. The largest absolute Gasteiger partial charge is 0.506 e. The molecule has 0 fully saturated rings. The van der Waals surface area contributed by atoms with E-state index in [4.69, 9.17) is 5.11 Å². The minimum Gasteiger partial charge on any atom is -0.450 e. The summed E-state index contributed by atoms with van der Waals surface area (Å²) in [4.78, 5) is 10.1. The average Bonchev–Trinajstić information content (AvgIpc) is 2.18. The molecule has 0 amide bonds. The quantitative estimate of drug-likeness (QED) is 0.749. The fraction of sp³-hybridized carbons (Fsp3) is 0.182. The molecule has 0 aromatic heterocycles. The Labute approximate surface area is 82.6 Å². The second kappa shape index (κ2) is 5.07. The van der Waals surface area contributed by atoms with E-state index in [0.717, 1.165) is 11.1 Å². The minimum absolute atomic E-state index is 0.0933. The van der Waals surface area contributed by atoms with E-state index in [1.165, 1.54) is 0 Å². The summed E-state index contributed by atoms with van der Waals surface area (Å²) in [5, 5.41) is 8.25. The Kier molecular flexibility index (Phi) is 3.73. The summed E-state index contributed by atoms with van der Waals surface area (Å²) in [6.07, 6.45) is 0.491. The molecule has 3 nitrogen and oxygen atoms in total. The highest BCUT2D eigenvalue weighted by Crippen LogP contribution is 2.11. The highest BCUT2D eigenvalue weighted by atomic mass is 16.7. The summed E-state index contributed by atoms with van der Waals surface area (Å²) in [6.45, 7) is 2.01. The molecular weight excluding hydrogens is 180 g/mol. The lowest BCUT2D eigenvalue weighted by Gasteiger charge is -2.00. The third-order valence-electron chi connectivity index (χ3n) is 1.83. The normalized spacial score (nSPS) is 11.1. The number of benzene rings is 1. The molecule has 1 aromatic rings. The number of carboxylic acid groups (broad SMARTS) is 1. The fourth-order valence-corrected chi connectivity index (χ4v) is 1.06. The molecule has 3 heteroatoms. The predicted octanol–water partition coefficient (Wildman–Crippen LogP) is 2.78. The second-order valence-corrected chi connectivity index (χ2v) is 2.83. The second-order valence-electron chi connectivity index (χ2n) is 2.83. The summed E-state index contributed by atoms with van der Waals surface area (Å²) in [5.74, 6) is 0. The van der Waals surface area contributed by atoms with Crippen LogP contribution in [-0.2, 0) is 4.74 Å². The van der Waals surface area contributed by atoms with E-state index in [2.05, 4.69) is 4.74 Å². The molecule has 0 radical (unpaired) electrons. The first kappa shape index (κ1) is 10.3. The first-order valence-electron chi connectivity index (χ1n) is 4.28. The SMILES string of the molecule is CC(=CCOC(=O)O)c1ccccc1. The Morgan fingerprint density at radius 3 is 2.64 bits per heavy atom. The van der Waals surface area contributed by atoms with Crippen LogP contribution in [0.15, 0.2) is 36.4 Å². The number of carbonyl (C=O) groups is 1. The van der Waals surface area contributed by atoms with Crippen molar-refractivity contribution in [3.05, 3.63) is 42.0 Å². The molecule has 0 unspecified atom stereocenters. The maximum absolute atomic E-state index is 10.1. The minimum atomic E-state index is -1.25. The van der Waals surface area contributed by atoms with Gasteiger partial charge in [0.25, 0.3) is 0 Å². The van der Waals surface area contributed by atoms with Crippen molar-refractivity contribution >= 4 is 11.7 Å². The van der Waals surface area contributed by atoms with Gasteiger partial charge in [-0.05, 0) is 24.1 Å². The zero-order valence-corrected chi connectivity index (χ0v) is 7.93. The summed E-state index contributed by atoms with van der Waals surface area (Å²) in [5.41, 5.74) is 2.08. The molecule has 0 heterocycles. The third-order valence-corrected chi connectivity index (χ3v) is 1.83. The van der Waals surface area contributed by atoms with Crippen LogP contribution in [0.1, 0.15) is 12.5 Å². The van der Waals surface area contributed by atoms with Gasteiger partial charge >= 0.3 is 6.16 Å². The number of ether oxygens (including phenoxy) is 1. The van der Waals surface area contributed by atoms with Crippen LogP contribution >= 0.6 is 0 Å². The van der Waals surface area contributed by atoms with Gasteiger partial charge in [0.1, 0.15) is 6.61 Å². The molecule has 1 N–H and O–H groups in total. The van der Waals surface area contributed by atoms with Crippen molar-refractivity contribution in [1.82, 2.24) is 0 Å². The molecule has 0 aliphatic heterocycles. The van der Waals surface area contributed by atoms with E-state index in [0.29, 0.717) is 0 Å². The van der Waals surface area contributed by atoms with Gasteiger partial charge in [0.2, 0.25) is 0 Å². The van der Waals surface area contributed by atoms with E-state index in [-0.39, 0.29) is 6.61 Å². The molecule has 1 rings (SSSR count). The molecule has 74 valence electrons. The van der Waals surface area contributed by atoms with Gasteiger partial charge < -0.3 is 9.84 Å². The van der Waals surface area contributed by atoms with Gasteiger partial charge in [-0.1, -0.05) is 30.3 Å². The van der Waals surface area contributed by atoms with Crippen molar-refractivity contribution in [1.29, 1.82) is 0 Å². The molecule has 0 saturated carbocycles. The Morgan fingerprint density at radius 1 is 1.43 bits per heavy atom. The van der Waals surface area contributed by atoms with Crippen molar-refractivity contribution in [2.24, 2.45) is 0 Å². The van der Waals surface area contributed by atoms with E-state index in [9.17, 15) is 4.79 Å². The summed E-state index contributed by atoms with van der Waals surface area (Å²) >= 11 is 0. The highest BCUT2D eigenvalue weighted by molar-refractivity contribution is 5.64. The van der Waals surface area contributed by atoms with Gasteiger partial charge in [-0.3, -0.25) is 0 Å². The zero-order valence-electron chi connectivity index (χ0n) is 7.93. The Bertz CT molecular complexity index is 328. The Hall–Kier alpha value is -1.77. The van der Waals surface area contributed by atoms with Crippen LogP contribution in [0.3, 0.4) is 0 Å². The molecule has 0 atom stereocenters. The maximum atomic E-state index is 10.1. The van der Waals surface area contributed by atoms with Gasteiger partial charge in [-0.25, -0.2) is 4.79 Å².